The fourth-order valence-corrected chi connectivity index (χ4v) is 4.59. The summed E-state index contributed by atoms with van der Waals surface area (Å²) in [6.45, 7) is 11.2. The van der Waals surface area contributed by atoms with Crippen molar-refractivity contribution in [3.63, 3.8) is 0 Å². The summed E-state index contributed by atoms with van der Waals surface area (Å²) in [6, 6.07) is 21.6. The summed E-state index contributed by atoms with van der Waals surface area (Å²) in [7, 11) is 0. The second-order valence-corrected chi connectivity index (χ2v) is 9.43. The molecule has 0 bridgehead atoms. The van der Waals surface area contributed by atoms with Crippen LogP contribution in [0.5, 0.6) is 0 Å². The maximum Gasteiger partial charge on any atom is 0.311 e. The second kappa shape index (κ2) is 9.13. The van der Waals surface area contributed by atoms with E-state index in [1.54, 1.807) is 0 Å². The summed E-state index contributed by atoms with van der Waals surface area (Å²) in [6.07, 6.45) is 1.95. The lowest BCUT2D eigenvalue weighted by atomic mass is 9.92. The highest BCUT2D eigenvalue weighted by atomic mass is 16.6. The van der Waals surface area contributed by atoms with Crippen LogP contribution in [0, 0.1) is 11.8 Å². The SMILES string of the molecule is C[C@@H]1CC[C@@H](C(=O)OC(C)(C)C)[C@H]1N(Cc1ccccc1)[C@H](C)c1ccccc1. The number of rotatable bonds is 6. The first-order chi connectivity index (χ1) is 13.8. The number of nitrogens with zero attached hydrogens (tertiary/aromatic N) is 1. The third kappa shape index (κ3) is 5.48. The molecule has 3 heteroatoms. The van der Waals surface area contributed by atoms with Crippen LogP contribution in [0.2, 0.25) is 0 Å². The zero-order chi connectivity index (χ0) is 21.0. The average molecular weight is 394 g/mol. The topological polar surface area (TPSA) is 29.5 Å². The van der Waals surface area contributed by atoms with Gasteiger partial charge in [0.1, 0.15) is 5.60 Å². The van der Waals surface area contributed by atoms with Gasteiger partial charge in [-0.3, -0.25) is 9.69 Å². The molecule has 0 N–H and O–H groups in total. The molecule has 0 unspecified atom stereocenters. The van der Waals surface area contributed by atoms with E-state index in [4.69, 9.17) is 4.74 Å². The van der Waals surface area contributed by atoms with Crippen LogP contribution in [0.1, 0.15) is 64.6 Å². The predicted molar refractivity (Wildman–Crippen MR) is 118 cm³/mol. The van der Waals surface area contributed by atoms with Crippen molar-refractivity contribution in [3.8, 4) is 0 Å². The molecule has 1 fully saturated rings. The van der Waals surface area contributed by atoms with Crippen LogP contribution in [-0.4, -0.2) is 22.5 Å². The molecule has 3 nitrogen and oxygen atoms in total. The number of benzene rings is 2. The summed E-state index contributed by atoms with van der Waals surface area (Å²) in [5.41, 5.74) is 2.10. The third-order valence-corrected chi connectivity index (χ3v) is 6.01. The number of hydrogen-bond acceptors (Lipinski definition) is 3. The van der Waals surface area contributed by atoms with Crippen LogP contribution in [0.25, 0.3) is 0 Å². The molecule has 1 aliphatic rings. The summed E-state index contributed by atoms with van der Waals surface area (Å²) in [5, 5.41) is 0. The Kier molecular flexibility index (Phi) is 6.79. The summed E-state index contributed by atoms with van der Waals surface area (Å²) in [5.74, 6) is 0.312. The van der Waals surface area contributed by atoms with Gasteiger partial charge in [-0.25, -0.2) is 0 Å². The van der Waals surface area contributed by atoms with Gasteiger partial charge in [0, 0.05) is 18.6 Å². The molecule has 29 heavy (non-hydrogen) atoms. The van der Waals surface area contributed by atoms with Gasteiger partial charge in [-0.1, -0.05) is 67.6 Å². The number of carbonyl (C=O) groups is 1. The van der Waals surface area contributed by atoms with E-state index in [-0.39, 0.29) is 24.0 Å². The van der Waals surface area contributed by atoms with Gasteiger partial charge < -0.3 is 4.74 Å². The molecule has 0 amide bonds. The molecule has 0 aliphatic heterocycles. The van der Waals surface area contributed by atoms with Gasteiger partial charge >= 0.3 is 5.97 Å². The van der Waals surface area contributed by atoms with Crippen molar-refractivity contribution in [2.24, 2.45) is 11.8 Å². The fraction of sp³-hybridized carbons (Fsp3) is 0.500. The highest BCUT2D eigenvalue weighted by Crippen LogP contribution is 2.40. The maximum absolute atomic E-state index is 13.1. The van der Waals surface area contributed by atoms with Crippen LogP contribution in [0.4, 0.5) is 0 Å². The number of ether oxygens (including phenoxy) is 1. The van der Waals surface area contributed by atoms with E-state index in [2.05, 4.69) is 79.4 Å². The molecular formula is C26H35NO2. The maximum atomic E-state index is 13.1. The van der Waals surface area contributed by atoms with E-state index < -0.39 is 5.60 Å². The Balaban J connectivity index is 1.93. The second-order valence-electron chi connectivity index (χ2n) is 9.43. The Morgan fingerprint density at radius 2 is 1.62 bits per heavy atom. The Bertz CT molecular complexity index is 781. The van der Waals surface area contributed by atoms with Gasteiger partial charge in [-0.2, -0.15) is 0 Å². The van der Waals surface area contributed by atoms with E-state index >= 15 is 0 Å². The molecule has 0 radical (unpaired) electrons. The summed E-state index contributed by atoms with van der Waals surface area (Å²) in [4.78, 5) is 15.6. The van der Waals surface area contributed by atoms with Crippen molar-refractivity contribution in [3.05, 3.63) is 71.8 Å². The Morgan fingerprint density at radius 3 is 2.21 bits per heavy atom. The molecule has 0 saturated heterocycles. The van der Waals surface area contributed by atoms with Gasteiger partial charge in [0.25, 0.3) is 0 Å². The standard InChI is InChI=1S/C26H35NO2/c1-19-16-17-23(25(28)29-26(3,4)5)24(19)27(18-21-12-8-6-9-13-21)20(2)22-14-10-7-11-15-22/h6-15,19-20,23-24H,16-18H2,1-5H3/t19-,20-,23-,24+/m1/s1. The number of hydrogen-bond donors (Lipinski definition) is 0. The van der Waals surface area contributed by atoms with Gasteiger partial charge in [-0.15, -0.1) is 0 Å². The van der Waals surface area contributed by atoms with Gasteiger partial charge in [0.15, 0.2) is 0 Å². The summed E-state index contributed by atoms with van der Waals surface area (Å²) >= 11 is 0. The van der Waals surface area contributed by atoms with Gasteiger partial charge in [-0.05, 0) is 57.6 Å². The largest absolute Gasteiger partial charge is 0.460 e. The first kappa shape index (κ1) is 21.6. The van der Waals surface area contributed by atoms with Crippen molar-refractivity contribution in [1.29, 1.82) is 0 Å². The van der Waals surface area contributed by atoms with Crippen LogP contribution in [0.15, 0.2) is 60.7 Å². The van der Waals surface area contributed by atoms with Crippen molar-refractivity contribution < 1.29 is 9.53 Å². The molecule has 156 valence electrons. The van der Waals surface area contributed by atoms with E-state index in [0.717, 1.165) is 19.4 Å². The molecule has 4 atom stereocenters. The number of esters is 1. The third-order valence-electron chi connectivity index (χ3n) is 6.01. The van der Waals surface area contributed by atoms with Crippen LogP contribution in [-0.2, 0) is 16.1 Å². The number of carbonyl (C=O) groups excluding carboxylic acids is 1. The Morgan fingerprint density at radius 1 is 1.03 bits per heavy atom. The lowest BCUT2D eigenvalue weighted by Crippen LogP contribution is -2.46. The molecule has 1 saturated carbocycles. The molecule has 0 spiro atoms. The van der Waals surface area contributed by atoms with E-state index in [1.165, 1.54) is 11.1 Å². The van der Waals surface area contributed by atoms with E-state index in [0.29, 0.717) is 5.92 Å². The average Bonchev–Trinajstić information content (AvgIpc) is 3.07. The molecule has 1 aliphatic carbocycles. The van der Waals surface area contributed by atoms with Crippen LogP contribution >= 0.6 is 0 Å². The lowest BCUT2D eigenvalue weighted by Gasteiger charge is -2.40. The summed E-state index contributed by atoms with van der Waals surface area (Å²) < 4.78 is 5.82. The fourth-order valence-electron chi connectivity index (χ4n) is 4.59. The zero-order valence-corrected chi connectivity index (χ0v) is 18.5. The molecule has 0 aromatic heterocycles. The van der Waals surface area contributed by atoms with E-state index in [9.17, 15) is 4.79 Å². The Hall–Kier alpha value is -2.13. The predicted octanol–water partition coefficient (Wildman–Crippen LogP) is 6.01. The van der Waals surface area contributed by atoms with Crippen molar-refractivity contribution in [2.45, 2.75) is 71.7 Å². The van der Waals surface area contributed by atoms with Crippen LogP contribution in [0.3, 0.4) is 0 Å². The quantitative estimate of drug-likeness (QED) is 0.563. The van der Waals surface area contributed by atoms with Crippen LogP contribution < -0.4 is 0 Å². The molecule has 2 aromatic rings. The minimum atomic E-state index is -0.456. The molecule has 3 rings (SSSR count). The molecular weight excluding hydrogens is 358 g/mol. The molecule has 0 heterocycles. The zero-order valence-electron chi connectivity index (χ0n) is 18.5. The first-order valence-electron chi connectivity index (χ1n) is 10.8. The highest BCUT2D eigenvalue weighted by Gasteiger charge is 2.44. The van der Waals surface area contributed by atoms with Gasteiger partial charge in [0.05, 0.1) is 5.92 Å². The monoisotopic (exact) mass is 393 g/mol. The van der Waals surface area contributed by atoms with Crippen molar-refractivity contribution in [2.75, 3.05) is 0 Å². The highest BCUT2D eigenvalue weighted by molar-refractivity contribution is 5.74. The van der Waals surface area contributed by atoms with Crippen molar-refractivity contribution in [1.82, 2.24) is 4.90 Å². The molecule has 2 aromatic carbocycles. The first-order valence-corrected chi connectivity index (χ1v) is 10.8. The normalized spacial score (nSPS) is 23.2. The smallest absolute Gasteiger partial charge is 0.311 e. The Labute approximate surface area is 176 Å². The van der Waals surface area contributed by atoms with Crippen molar-refractivity contribution >= 4 is 5.97 Å². The van der Waals surface area contributed by atoms with Gasteiger partial charge in [0.2, 0.25) is 0 Å². The minimum Gasteiger partial charge on any atom is -0.460 e. The van der Waals surface area contributed by atoms with E-state index in [1.807, 2.05) is 20.8 Å². The minimum absolute atomic E-state index is 0.0508. The lowest BCUT2D eigenvalue weighted by molar-refractivity contribution is -0.162.